The average molecular weight is 382 g/mol. The number of nitrogens with one attached hydrogen (secondary N) is 1. The van der Waals surface area contributed by atoms with Gasteiger partial charge in [0, 0.05) is 6.54 Å². The predicted octanol–water partition coefficient (Wildman–Crippen LogP) is 2.46. The topological polar surface area (TPSA) is 61.8 Å². The van der Waals surface area contributed by atoms with Crippen LogP contribution in [0, 0.1) is 0 Å². The van der Waals surface area contributed by atoms with Crippen LogP contribution in [0.5, 0.6) is 5.75 Å². The van der Waals surface area contributed by atoms with Gasteiger partial charge in [0.2, 0.25) is 5.91 Å². The Hall–Kier alpha value is -1.94. The summed E-state index contributed by atoms with van der Waals surface area (Å²) in [6.45, 7) is -3.84. The minimum atomic E-state index is -4.49. The normalized spacial score (nSPS) is 19.6. The van der Waals surface area contributed by atoms with Crippen LogP contribution in [-0.2, 0) is 4.79 Å². The molecule has 0 aliphatic carbocycles. The number of aliphatic hydroxyl groups is 1. The van der Waals surface area contributed by atoms with Crippen LogP contribution < -0.4 is 10.1 Å². The highest BCUT2D eigenvalue weighted by Gasteiger charge is 2.34. The molecule has 0 radical (unpaired) electrons. The molecule has 2 atom stereocenters. The molecule has 10 heteroatoms. The highest BCUT2D eigenvalue weighted by molar-refractivity contribution is 5.82. The van der Waals surface area contributed by atoms with E-state index in [9.17, 15) is 31.9 Å². The van der Waals surface area contributed by atoms with Crippen molar-refractivity contribution in [3.8, 4) is 5.75 Å². The van der Waals surface area contributed by atoms with E-state index in [1.807, 2.05) is 5.32 Å². The molecule has 1 aliphatic heterocycles. The van der Waals surface area contributed by atoms with Gasteiger partial charge >= 0.3 is 12.8 Å². The smallest absolute Gasteiger partial charge is 0.405 e. The molecule has 0 aromatic heterocycles. The first-order valence-corrected chi connectivity index (χ1v) is 7.97. The number of carbonyl (C=O) groups is 1. The van der Waals surface area contributed by atoms with Gasteiger partial charge in [-0.15, -0.1) is 0 Å². The van der Waals surface area contributed by atoms with Crippen molar-refractivity contribution in [3.63, 3.8) is 0 Å². The van der Waals surface area contributed by atoms with Crippen LogP contribution in [0.3, 0.4) is 0 Å². The van der Waals surface area contributed by atoms with Crippen molar-refractivity contribution in [2.75, 3.05) is 19.6 Å². The third-order valence-electron chi connectivity index (χ3n) is 4.03. The Bertz CT molecular complexity index is 595. The molecular weight excluding hydrogens is 363 g/mol. The van der Waals surface area contributed by atoms with Crippen molar-refractivity contribution < 1.29 is 36.6 Å². The molecule has 2 N–H and O–H groups in total. The molecule has 26 heavy (non-hydrogen) atoms. The lowest BCUT2D eigenvalue weighted by Gasteiger charge is -2.26. The molecule has 1 amide bonds. The number of amides is 1. The molecule has 146 valence electrons. The summed E-state index contributed by atoms with van der Waals surface area (Å²) in [4.78, 5) is 13.6. The third kappa shape index (κ3) is 6.10. The molecule has 2 unspecified atom stereocenters. The van der Waals surface area contributed by atoms with Crippen LogP contribution in [0.4, 0.5) is 22.0 Å². The van der Waals surface area contributed by atoms with E-state index in [4.69, 9.17) is 0 Å². The van der Waals surface area contributed by atoms with Gasteiger partial charge < -0.3 is 15.2 Å². The van der Waals surface area contributed by atoms with Crippen molar-refractivity contribution in [1.82, 2.24) is 10.2 Å². The van der Waals surface area contributed by atoms with Crippen LogP contribution in [0.25, 0.3) is 0 Å². The summed E-state index contributed by atoms with van der Waals surface area (Å²) in [6.07, 6.45) is -4.48. The number of carbonyl (C=O) groups excluding carboxylic acids is 1. The summed E-state index contributed by atoms with van der Waals surface area (Å²) < 4.78 is 65.1. The molecular formula is C16H19F5N2O3. The fraction of sp³-hybridized carbons (Fsp3) is 0.562. The monoisotopic (exact) mass is 382 g/mol. The first kappa shape index (κ1) is 20.4. The number of aliphatic hydroxyl groups excluding tert-OH is 1. The first-order chi connectivity index (χ1) is 12.2. The Morgan fingerprint density at radius 3 is 2.54 bits per heavy atom. The summed E-state index contributed by atoms with van der Waals surface area (Å²) in [5.74, 6) is -0.783. The molecule has 0 spiro atoms. The SMILES string of the molecule is O=C(NCC(F)(F)F)C1CCCN1CC(O)c1ccc(OC(F)F)cc1. The minimum Gasteiger partial charge on any atom is -0.435 e. The van der Waals surface area contributed by atoms with Gasteiger partial charge in [0.15, 0.2) is 0 Å². The summed E-state index contributed by atoms with van der Waals surface area (Å²) in [5.41, 5.74) is 0.424. The molecule has 0 saturated carbocycles. The van der Waals surface area contributed by atoms with E-state index in [2.05, 4.69) is 4.74 Å². The summed E-state index contributed by atoms with van der Waals surface area (Å²) in [6, 6.07) is 4.65. The Morgan fingerprint density at radius 1 is 1.31 bits per heavy atom. The van der Waals surface area contributed by atoms with E-state index in [-0.39, 0.29) is 12.3 Å². The molecule has 1 aromatic carbocycles. The summed E-state index contributed by atoms with van der Waals surface area (Å²) >= 11 is 0. The minimum absolute atomic E-state index is 0.0408. The maximum atomic E-state index is 12.2. The third-order valence-corrected chi connectivity index (χ3v) is 4.03. The van der Waals surface area contributed by atoms with Gasteiger partial charge in [0.25, 0.3) is 0 Å². The van der Waals surface area contributed by atoms with Crippen LogP contribution in [0.1, 0.15) is 24.5 Å². The summed E-state index contributed by atoms with van der Waals surface area (Å²) in [7, 11) is 0. The Balaban J connectivity index is 1.92. The molecule has 2 rings (SSSR count). The van der Waals surface area contributed by atoms with E-state index in [0.29, 0.717) is 24.9 Å². The molecule has 5 nitrogen and oxygen atoms in total. The van der Waals surface area contributed by atoms with E-state index in [1.54, 1.807) is 4.90 Å². The average Bonchev–Trinajstić information content (AvgIpc) is 3.00. The van der Waals surface area contributed by atoms with Gasteiger partial charge in [0.05, 0.1) is 12.1 Å². The zero-order valence-corrected chi connectivity index (χ0v) is 13.7. The zero-order chi connectivity index (χ0) is 19.3. The number of likely N-dealkylation sites (tertiary alicyclic amines) is 1. The Morgan fingerprint density at radius 2 is 1.96 bits per heavy atom. The second-order valence-electron chi connectivity index (χ2n) is 5.95. The number of hydrogen-bond acceptors (Lipinski definition) is 4. The van der Waals surface area contributed by atoms with Gasteiger partial charge in [-0.2, -0.15) is 22.0 Å². The Labute approximate surface area is 146 Å². The number of β-amino-alcohol motifs (C(OH)–C–C–N with tert-alkyl or cyclic N) is 1. The first-order valence-electron chi connectivity index (χ1n) is 7.97. The molecule has 0 bridgehead atoms. The number of benzene rings is 1. The Kier molecular flexibility index (Phi) is 6.76. The molecule has 1 heterocycles. The number of ether oxygens (including phenoxy) is 1. The standard InChI is InChI=1S/C16H19F5N2O3/c17-15(18)26-11-5-3-10(4-6-11)13(24)8-23-7-1-2-12(23)14(25)22-9-16(19,20)21/h3-6,12-13,15,24H,1-2,7-9H2,(H,22,25). The van der Waals surface area contributed by atoms with Gasteiger partial charge in [0.1, 0.15) is 12.3 Å². The van der Waals surface area contributed by atoms with E-state index >= 15 is 0 Å². The summed E-state index contributed by atoms with van der Waals surface area (Å²) in [5, 5.41) is 12.1. The fourth-order valence-corrected chi connectivity index (χ4v) is 2.85. The van der Waals surface area contributed by atoms with Crippen molar-refractivity contribution >= 4 is 5.91 Å². The fourth-order valence-electron chi connectivity index (χ4n) is 2.85. The highest BCUT2D eigenvalue weighted by atomic mass is 19.4. The van der Waals surface area contributed by atoms with Crippen molar-refractivity contribution in [2.45, 2.75) is 37.8 Å². The van der Waals surface area contributed by atoms with E-state index in [1.165, 1.54) is 24.3 Å². The van der Waals surface area contributed by atoms with Gasteiger partial charge in [-0.3, -0.25) is 9.69 Å². The number of alkyl halides is 5. The molecule has 1 fully saturated rings. The second kappa shape index (κ2) is 8.63. The van der Waals surface area contributed by atoms with Gasteiger partial charge in [-0.1, -0.05) is 12.1 Å². The number of halogens is 5. The van der Waals surface area contributed by atoms with Gasteiger partial charge in [-0.25, -0.2) is 0 Å². The molecule has 1 saturated heterocycles. The van der Waals surface area contributed by atoms with E-state index < -0.39 is 37.4 Å². The predicted molar refractivity (Wildman–Crippen MR) is 81.7 cm³/mol. The second-order valence-corrected chi connectivity index (χ2v) is 5.95. The van der Waals surface area contributed by atoms with Crippen LogP contribution in [0.2, 0.25) is 0 Å². The lowest BCUT2D eigenvalue weighted by molar-refractivity contribution is -0.141. The van der Waals surface area contributed by atoms with Crippen molar-refractivity contribution in [3.05, 3.63) is 29.8 Å². The van der Waals surface area contributed by atoms with Crippen LogP contribution in [0.15, 0.2) is 24.3 Å². The number of hydrogen-bond donors (Lipinski definition) is 2. The van der Waals surface area contributed by atoms with Crippen LogP contribution >= 0.6 is 0 Å². The van der Waals surface area contributed by atoms with Crippen molar-refractivity contribution in [2.24, 2.45) is 0 Å². The van der Waals surface area contributed by atoms with Gasteiger partial charge in [-0.05, 0) is 37.1 Å². The number of rotatable bonds is 7. The maximum Gasteiger partial charge on any atom is 0.405 e. The lowest BCUT2D eigenvalue weighted by atomic mass is 10.1. The maximum absolute atomic E-state index is 12.2. The number of nitrogens with zero attached hydrogens (tertiary/aromatic N) is 1. The zero-order valence-electron chi connectivity index (χ0n) is 13.7. The van der Waals surface area contributed by atoms with E-state index in [0.717, 1.165) is 0 Å². The largest absolute Gasteiger partial charge is 0.435 e. The highest BCUT2D eigenvalue weighted by Crippen LogP contribution is 2.24. The lowest BCUT2D eigenvalue weighted by Crippen LogP contribution is -2.47. The van der Waals surface area contributed by atoms with Crippen LogP contribution in [-0.4, -0.2) is 54.4 Å². The molecule has 1 aromatic rings. The quantitative estimate of drug-likeness (QED) is 0.712. The molecule has 1 aliphatic rings. The van der Waals surface area contributed by atoms with Crippen molar-refractivity contribution in [1.29, 1.82) is 0 Å².